The largest absolute Gasteiger partial charge is 0.480 e. The molecule has 0 aliphatic rings. The first-order valence-corrected chi connectivity index (χ1v) is 10.7. The molecule has 0 aliphatic carbocycles. The van der Waals surface area contributed by atoms with E-state index < -0.39 is 12.0 Å². The number of aromatic nitrogens is 1. The lowest BCUT2D eigenvalue weighted by molar-refractivity contribution is -0.138. The smallest absolute Gasteiger partial charge is 0.320 e. The zero-order chi connectivity index (χ0) is 23.1. The van der Waals surface area contributed by atoms with Gasteiger partial charge in [0, 0.05) is 30.4 Å². The Morgan fingerprint density at radius 2 is 1.53 bits per heavy atom. The second-order valence-electron chi connectivity index (χ2n) is 8.26. The highest BCUT2D eigenvalue weighted by Crippen LogP contribution is 2.27. The molecule has 0 bridgehead atoms. The summed E-state index contributed by atoms with van der Waals surface area (Å²) in [5.41, 5.74) is 10.3. The van der Waals surface area contributed by atoms with Gasteiger partial charge in [-0.25, -0.2) is 0 Å². The molecule has 1 aromatic heterocycles. The lowest BCUT2D eigenvalue weighted by Gasteiger charge is -2.22. The van der Waals surface area contributed by atoms with Gasteiger partial charge in [-0.3, -0.25) is 14.6 Å². The number of aliphatic carboxylic acids is 1. The standard InChI is InChI=1S/C26H29N3O3/c1-17(2)23(21-9-7-19(8-10-21)20-11-13-28-14-12-20)16-29-25(30)22-5-3-18(4-6-22)15-24(27)26(31)32/h3-14,17,23-24H,15-16,27H2,1-2H3,(H,29,30)(H,31,32)/t23-,24?/m1/s1. The van der Waals surface area contributed by atoms with Crippen molar-refractivity contribution in [3.8, 4) is 11.1 Å². The monoisotopic (exact) mass is 431 g/mol. The van der Waals surface area contributed by atoms with Crippen molar-refractivity contribution in [2.75, 3.05) is 6.54 Å². The molecule has 1 heterocycles. The summed E-state index contributed by atoms with van der Waals surface area (Å²) >= 11 is 0. The molecule has 6 nitrogen and oxygen atoms in total. The second kappa shape index (κ2) is 10.7. The van der Waals surface area contributed by atoms with E-state index in [0.29, 0.717) is 18.0 Å². The highest BCUT2D eigenvalue weighted by atomic mass is 16.4. The Labute approximate surface area is 188 Å². The molecular formula is C26H29N3O3. The van der Waals surface area contributed by atoms with Crippen molar-refractivity contribution in [2.45, 2.75) is 32.2 Å². The Morgan fingerprint density at radius 3 is 2.09 bits per heavy atom. The van der Waals surface area contributed by atoms with Gasteiger partial charge in [-0.1, -0.05) is 50.2 Å². The number of nitrogens with one attached hydrogen (secondary N) is 1. The van der Waals surface area contributed by atoms with Crippen molar-refractivity contribution in [1.29, 1.82) is 0 Å². The predicted molar refractivity (Wildman–Crippen MR) is 125 cm³/mol. The van der Waals surface area contributed by atoms with E-state index in [0.717, 1.165) is 16.7 Å². The van der Waals surface area contributed by atoms with E-state index in [1.54, 1.807) is 36.7 Å². The number of benzene rings is 2. The van der Waals surface area contributed by atoms with Crippen molar-refractivity contribution < 1.29 is 14.7 Å². The molecule has 0 saturated carbocycles. The van der Waals surface area contributed by atoms with Crippen molar-refractivity contribution in [2.24, 2.45) is 11.7 Å². The molecule has 32 heavy (non-hydrogen) atoms. The van der Waals surface area contributed by atoms with Gasteiger partial charge in [0.15, 0.2) is 0 Å². The zero-order valence-electron chi connectivity index (χ0n) is 18.4. The fourth-order valence-corrected chi connectivity index (χ4v) is 3.64. The number of carbonyl (C=O) groups excluding carboxylic acids is 1. The van der Waals surface area contributed by atoms with Crippen LogP contribution in [0.5, 0.6) is 0 Å². The summed E-state index contributed by atoms with van der Waals surface area (Å²) in [7, 11) is 0. The van der Waals surface area contributed by atoms with E-state index in [4.69, 9.17) is 10.8 Å². The SMILES string of the molecule is CC(C)[C@@H](CNC(=O)c1ccc(CC(N)C(=O)O)cc1)c1ccc(-c2ccncc2)cc1. The summed E-state index contributed by atoms with van der Waals surface area (Å²) in [6.07, 6.45) is 3.79. The van der Waals surface area contributed by atoms with Gasteiger partial charge in [0.1, 0.15) is 6.04 Å². The van der Waals surface area contributed by atoms with Crippen LogP contribution >= 0.6 is 0 Å². The quantitative estimate of drug-likeness (QED) is 0.477. The molecule has 166 valence electrons. The maximum absolute atomic E-state index is 12.6. The fourth-order valence-electron chi connectivity index (χ4n) is 3.64. The molecular weight excluding hydrogens is 402 g/mol. The van der Waals surface area contributed by atoms with Crippen LogP contribution < -0.4 is 11.1 Å². The van der Waals surface area contributed by atoms with Gasteiger partial charge in [0.25, 0.3) is 5.91 Å². The average molecular weight is 432 g/mol. The van der Waals surface area contributed by atoms with Crippen LogP contribution in [-0.4, -0.2) is 34.6 Å². The summed E-state index contributed by atoms with van der Waals surface area (Å²) in [6, 6.07) is 18.3. The molecule has 6 heteroatoms. The molecule has 3 rings (SSSR count). The van der Waals surface area contributed by atoms with Gasteiger partial charge in [-0.15, -0.1) is 0 Å². The lowest BCUT2D eigenvalue weighted by Crippen LogP contribution is -2.32. The Morgan fingerprint density at radius 1 is 0.938 bits per heavy atom. The van der Waals surface area contributed by atoms with Gasteiger partial charge in [0.2, 0.25) is 0 Å². The van der Waals surface area contributed by atoms with Crippen molar-refractivity contribution in [3.63, 3.8) is 0 Å². The van der Waals surface area contributed by atoms with Gasteiger partial charge in [0.05, 0.1) is 0 Å². The third-order valence-corrected chi connectivity index (χ3v) is 5.63. The van der Waals surface area contributed by atoms with Crippen LogP contribution in [0.3, 0.4) is 0 Å². The molecule has 2 atom stereocenters. The summed E-state index contributed by atoms with van der Waals surface area (Å²) < 4.78 is 0. The first-order chi connectivity index (χ1) is 15.3. The molecule has 3 aromatic rings. The average Bonchev–Trinajstić information content (AvgIpc) is 2.80. The fraction of sp³-hybridized carbons (Fsp3) is 0.269. The zero-order valence-corrected chi connectivity index (χ0v) is 18.4. The van der Waals surface area contributed by atoms with Crippen molar-refractivity contribution >= 4 is 11.9 Å². The summed E-state index contributed by atoms with van der Waals surface area (Å²) in [6.45, 7) is 4.82. The topological polar surface area (TPSA) is 105 Å². The van der Waals surface area contributed by atoms with Gasteiger partial charge < -0.3 is 16.2 Å². The highest BCUT2D eigenvalue weighted by molar-refractivity contribution is 5.94. The molecule has 0 aliphatic heterocycles. The molecule has 4 N–H and O–H groups in total. The number of nitrogens with zero attached hydrogens (tertiary/aromatic N) is 1. The van der Waals surface area contributed by atoms with Gasteiger partial charge in [-0.2, -0.15) is 0 Å². The minimum absolute atomic E-state index is 0.155. The maximum Gasteiger partial charge on any atom is 0.320 e. The number of nitrogens with two attached hydrogens (primary N) is 1. The normalized spacial score (nSPS) is 12.9. The Bertz CT molecular complexity index is 1030. The molecule has 1 amide bonds. The summed E-state index contributed by atoms with van der Waals surface area (Å²) in [5.74, 6) is -0.668. The molecule has 1 unspecified atom stereocenters. The van der Waals surface area contributed by atoms with Gasteiger partial charge in [-0.05, 0) is 58.9 Å². The Kier molecular flexibility index (Phi) is 7.73. The predicted octanol–water partition coefficient (Wildman–Crippen LogP) is 3.87. The molecule has 0 fully saturated rings. The minimum atomic E-state index is -1.04. The van der Waals surface area contributed by atoms with E-state index in [1.165, 1.54) is 5.56 Å². The summed E-state index contributed by atoms with van der Waals surface area (Å²) in [5, 5.41) is 12.0. The van der Waals surface area contributed by atoms with Gasteiger partial charge >= 0.3 is 5.97 Å². The van der Waals surface area contributed by atoms with E-state index in [1.807, 2.05) is 12.1 Å². The summed E-state index contributed by atoms with van der Waals surface area (Å²) in [4.78, 5) is 27.6. The van der Waals surface area contributed by atoms with Crippen molar-refractivity contribution in [3.05, 3.63) is 89.7 Å². The maximum atomic E-state index is 12.6. The number of rotatable bonds is 9. The van der Waals surface area contributed by atoms with Crippen molar-refractivity contribution in [1.82, 2.24) is 10.3 Å². The number of hydrogen-bond donors (Lipinski definition) is 3. The molecule has 0 radical (unpaired) electrons. The number of pyridine rings is 1. The van der Waals surface area contributed by atoms with E-state index >= 15 is 0 Å². The second-order valence-corrected chi connectivity index (χ2v) is 8.26. The molecule has 0 spiro atoms. The van der Waals surface area contributed by atoms with E-state index in [2.05, 4.69) is 48.4 Å². The van der Waals surface area contributed by atoms with Crippen LogP contribution in [0.1, 0.15) is 41.3 Å². The minimum Gasteiger partial charge on any atom is -0.480 e. The van der Waals surface area contributed by atoms with Crippen LogP contribution in [0.15, 0.2) is 73.1 Å². The van der Waals surface area contributed by atoms with Crippen LogP contribution in [0, 0.1) is 5.92 Å². The van der Waals surface area contributed by atoms with Crippen LogP contribution in [-0.2, 0) is 11.2 Å². The Hall–Kier alpha value is -3.51. The third kappa shape index (κ3) is 6.02. The first-order valence-electron chi connectivity index (χ1n) is 10.7. The van der Waals surface area contributed by atoms with Crippen LogP contribution in [0.4, 0.5) is 0 Å². The van der Waals surface area contributed by atoms with E-state index in [-0.39, 0.29) is 18.2 Å². The highest BCUT2D eigenvalue weighted by Gasteiger charge is 2.18. The first kappa shape index (κ1) is 23.2. The number of carbonyl (C=O) groups is 2. The number of amides is 1. The lowest BCUT2D eigenvalue weighted by atomic mass is 9.87. The Balaban J connectivity index is 1.63. The van der Waals surface area contributed by atoms with Crippen LogP contribution in [0.25, 0.3) is 11.1 Å². The van der Waals surface area contributed by atoms with E-state index in [9.17, 15) is 9.59 Å². The number of hydrogen-bond acceptors (Lipinski definition) is 4. The van der Waals surface area contributed by atoms with Crippen LogP contribution in [0.2, 0.25) is 0 Å². The molecule has 2 aromatic carbocycles. The molecule has 0 saturated heterocycles. The number of carboxylic acids is 1. The third-order valence-electron chi connectivity index (χ3n) is 5.63. The number of carboxylic acid groups (broad SMARTS) is 1.